The average Bonchev–Trinajstić information content (AvgIpc) is 2.46. The van der Waals surface area contributed by atoms with Crippen LogP contribution in [0.3, 0.4) is 0 Å². The van der Waals surface area contributed by atoms with Gasteiger partial charge >= 0.3 is 12.1 Å². The number of ether oxygens (including phenoxy) is 1. The lowest BCUT2D eigenvalue weighted by molar-refractivity contribution is 0.0697. The summed E-state index contributed by atoms with van der Waals surface area (Å²) in [5.41, 5.74) is 7.20. The minimum Gasteiger partial charge on any atom is -0.478 e. The highest BCUT2D eigenvalue weighted by Crippen LogP contribution is 2.32. The van der Waals surface area contributed by atoms with Crippen molar-refractivity contribution < 1.29 is 19.4 Å². The Labute approximate surface area is 122 Å². The van der Waals surface area contributed by atoms with Gasteiger partial charge in [-0.1, -0.05) is 42.5 Å². The Morgan fingerprint density at radius 1 is 1.05 bits per heavy atom. The molecule has 2 rings (SSSR count). The van der Waals surface area contributed by atoms with Crippen molar-refractivity contribution in [1.29, 1.82) is 0 Å². The van der Waals surface area contributed by atoms with E-state index >= 15 is 0 Å². The highest BCUT2D eigenvalue weighted by Gasteiger charge is 2.18. The van der Waals surface area contributed by atoms with Gasteiger partial charge in [-0.25, -0.2) is 9.59 Å². The Kier molecular flexibility index (Phi) is 4.23. The molecule has 0 heterocycles. The van der Waals surface area contributed by atoms with Crippen molar-refractivity contribution in [1.82, 2.24) is 0 Å². The second kappa shape index (κ2) is 6.09. The predicted octanol–water partition coefficient (Wildman–Crippen LogP) is 3.21. The van der Waals surface area contributed by atoms with Crippen LogP contribution in [0.5, 0.6) is 0 Å². The molecule has 2 aromatic rings. The maximum atomic E-state index is 11.3. The first kappa shape index (κ1) is 14.6. The van der Waals surface area contributed by atoms with E-state index in [0.29, 0.717) is 16.7 Å². The van der Waals surface area contributed by atoms with E-state index in [4.69, 9.17) is 10.5 Å². The number of hydrogen-bond acceptors (Lipinski definition) is 3. The topological polar surface area (TPSA) is 89.6 Å². The van der Waals surface area contributed by atoms with E-state index in [9.17, 15) is 14.7 Å². The standard InChI is InChI=1S/C16H15NO4/c1-10(21-16(17)20)11-6-2-3-7-12(11)13-8-4-5-9-14(13)15(18)19/h2-10H,1H3,(H2,17,20)(H,18,19). The number of hydrogen-bond donors (Lipinski definition) is 2. The SMILES string of the molecule is CC(OC(N)=O)c1ccccc1-c1ccccc1C(=O)O. The summed E-state index contributed by atoms with van der Waals surface area (Å²) in [6.45, 7) is 1.69. The molecular weight excluding hydrogens is 270 g/mol. The monoisotopic (exact) mass is 285 g/mol. The zero-order chi connectivity index (χ0) is 15.4. The average molecular weight is 285 g/mol. The van der Waals surface area contributed by atoms with Crippen molar-refractivity contribution in [2.75, 3.05) is 0 Å². The second-order valence-corrected chi connectivity index (χ2v) is 4.52. The van der Waals surface area contributed by atoms with Crippen LogP contribution in [0, 0.1) is 0 Å². The molecule has 0 aliphatic rings. The summed E-state index contributed by atoms with van der Waals surface area (Å²) in [7, 11) is 0. The minimum atomic E-state index is -1.01. The predicted molar refractivity (Wildman–Crippen MR) is 77.9 cm³/mol. The van der Waals surface area contributed by atoms with Gasteiger partial charge in [0.25, 0.3) is 0 Å². The van der Waals surface area contributed by atoms with Gasteiger partial charge in [0.15, 0.2) is 0 Å². The molecule has 1 amide bonds. The lowest BCUT2D eigenvalue weighted by Gasteiger charge is -2.17. The molecule has 108 valence electrons. The molecule has 5 nitrogen and oxygen atoms in total. The summed E-state index contributed by atoms with van der Waals surface area (Å²) in [6, 6.07) is 13.8. The summed E-state index contributed by atoms with van der Waals surface area (Å²) < 4.78 is 4.99. The maximum absolute atomic E-state index is 11.3. The Morgan fingerprint density at radius 2 is 1.62 bits per heavy atom. The number of carbonyl (C=O) groups is 2. The van der Waals surface area contributed by atoms with Gasteiger partial charge in [-0.05, 0) is 24.1 Å². The van der Waals surface area contributed by atoms with Crippen LogP contribution in [0.4, 0.5) is 4.79 Å². The number of benzene rings is 2. The van der Waals surface area contributed by atoms with Gasteiger partial charge in [-0.2, -0.15) is 0 Å². The van der Waals surface area contributed by atoms with E-state index in [-0.39, 0.29) is 5.56 Å². The second-order valence-electron chi connectivity index (χ2n) is 4.52. The molecule has 0 aliphatic carbocycles. The van der Waals surface area contributed by atoms with Crippen molar-refractivity contribution in [2.24, 2.45) is 5.73 Å². The highest BCUT2D eigenvalue weighted by atomic mass is 16.6. The number of amides is 1. The first-order valence-electron chi connectivity index (χ1n) is 6.38. The fourth-order valence-electron chi connectivity index (χ4n) is 2.24. The highest BCUT2D eigenvalue weighted by molar-refractivity contribution is 5.96. The lowest BCUT2D eigenvalue weighted by Crippen LogP contribution is -2.16. The Bertz CT molecular complexity index is 681. The fourth-order valence-corrected chi connectivity index (χ4v) is 2.24. The quantitative estimate of drug-likeness (QED) is 0.902. The summed E-state index contributed by atoms with van der Waals surface area (Å²) in [6.07, 6.45) is -1.44. The number of primary amides is 1. The third kappa shape index (κ3) is 3.20. The minimum absolute atomic E-state index is 0.191. The fraction of sp³-hybridized carbons (Fsp3) is 0.125. The van der Waals surface area contributed by atoms with Gasteiger partial charge in [0.1, 0.15) is 6.10 Å². The van der Waals surface area contributed by atoms with Crippen molar-refractivity contribution >= 4 is 12.1 Å². The molecule has 2 aromatic carbocycles. The molecule has 5 heteroatoms. The van der Waals surface area contributed by atoms with E-state index in [1.807, 2.05) is 0 Å². The molecule has 1 atom stereocenters. The Morgan fingerprint density at radius 3 is 2.24 bits per heavy atom. The van der Waals surface area contributed by atoms with E-state index in [1.54, 1.807) is 49.4 Å². The van der Waals surface area contributed by atoms with Crippen LogP contribution in [0.25, 0.3) is 11.1 Å². The smallest absolute Gasteiger partial charge is 0.405 e. The normalized spacial score (nSPS) is 11.7. The van der Waals surface area contributed by atoms with Gasteiger partial charge < -0.3 is 15.6 Å². The third-order valence-electron chi connectivity index (χ3n) is 3.14. The number of rotatable bonds is 4. The molecule has 0 bridgehead atoms. The Hall–Kier alpha value is -2.82. The van der Waals surface area contributed by atoms with Crippen LogP contribution in [0.15, 0.2) is 48.5 Å². The number of carboxylic acid groups (broad SMARTS) is 1. The van der Waals surface area contributed by atoms with Crippen molar-refractivity contribution in [3.63, 3.8) is 0 Å². The van der Waals surface area contributed by atoms with Crippen LogP contribution >= 0.6 is 0 Å². The number of aromatic carboxylic acids is 1. The van der Waals surface area contributed by atoms with Gasteiger partial charge in [0.05, 0.1) is 5.56 Å². The van der Waals surface area contributed by atoms with Gasteiger partial charge in [0.2, 0.25) is 0 Å². The first-order chi connectivity index (χ1) is 10.0. The molecular formula is C16H15NO4. The van der Waals surface area contributed by atoms with Crippen molar-refractivity contribution in [2.45, 2.75) is 13.0 Å². The lowest BCUT2D eigenvalue weighted by atomic mass is 9.93. The molecule has 0 aromatic heterocycles. The van der Waals surface area contributed by atoms with Crippen LogP contribution < -0.4 is 5.73 Å². The van der Waals surface area contributed by atoms with Crippen molar-refractivity contribution in [3.8, 4) is 11.1 Å². The molecule has 0 aliphatic heterocycles. The summed E-state index contributed by atoms with van der Waals surface area (Å²) in [4.78, 5) is 22.3. The number of carboxylic acids is 1. The number of carbonyl (C=O) groups excluding carboxylic acids is 1. The largest absolute Gasteiger partial charge is 0.478 e. The summed E-state index contributed by atoms with van der Waals surface area (Å²) in [5.74, 6) is -1.01. The van der Waals surface area contributed by atoms with Crippen LogP contribution in [0.2, 0.25) is 0 Å². The molecule has 0 spiro atoms. The summed E-state index contributed by atoms with van der Waals surface area (Å²) in [5, 5.41) is 9.30. The van der Waals surface area contributed by atoms with E-state index in [2.05, 4.69) is 0 Å². The first-order valence-corrected chi connectivity index (χ1v) is 6.38. The van der Waals surface area contributed by atoms with Gasteiger partial charge in [-0.3, -0.25) is 0 Å². The van der Waals surface area contributed by atoms with Gasteiger partial charge in [0, 0.05) is 5.56 Å². The van der Waals surface area contributed by atoms with Crippen LogP contribution in [0.1, 0.15) is 28.9 Å². The molecule has 0 radical (unpaired) electrons. The van der Waals surface area contributed by atoms with E-state index < -0.39 is 18.2 Å². The van der Waals surface area contributed by atoms with Gasteiger partial charge in [-0.15, -0.1) is 0 Å². The Balaban J connectivity index is 2.55. The van der Waals surface area contributed by atoms with E-state index in [0.717, 1.165) is 0 Å². The molecule has 1 unspecified atom stereocenters. The molecule has 21 heavy (non-hydrogen) atoms. The zero-order valence-corrected chi connectivity index (χ0v) is 11.4. The zero-order valence-electron chi connectivity index (χ0n) is 11.4. The number of nitrogens with two attached hydrogens (primary N) is 1. The van der Waals surface area contributed by atoms with Crippen molar-refractivity contribution in [3.05, 3.63) is 59.7 Å². The molecule has 0 saturated carbocycles. The summed E-state index contributed by atoms with van der Waals surface area (Å²) >= 11 is 0. The third-order valence-corrected chi connectivity index (χ3v) is 3.14. The van der Waals surface area contributed by atoms with Crippen LogP contribution in [-0.2, 0) is 4.74 Å². The molecule has 0 fully saturated rings. The van der Waals surface area contributed by atoms with E-state index in [1.165, 1.54) is 6.07 Å². The van der Waals surface area contributed by atoms with Crippen LogP contribution in [-0.4, -0.2) is 17.2 Å². The molecule has 0 saturated heterocycles. The molecule has 3 N–H and O–H groups in total. The maximum Gasteiger partial charge on any atom is 0.405 e.